The van der Waals surface area contributed by atoms with E-state index in [0.29, 0.717) is 5.75 Å². The van der Waals surface area contributed by atoms with E-state index in [1.807, 2.05) is 26.0 Å². The van der Waals surface area contributed by atoms with Gasteiger partial charge in [-0.05, 0) is 49.6 Å². The molecule has 20 heavy (non-hydrogen) atoms. The standard InChI is InChI=1S/C16H17F2NO/c1-10-7-12(8-11(2)19)3-6-15(10)20-16-9-13(17)4-5-14(16)18/h3-7,9,11H,8,19H2,1-2H3. The van der Waals surface area contributed by atoms with Crippen molar-refractivity contribution in [1.82, 2.24) is 0 Å². The molecule has 2 rings (SSSR count). The molecular weight excluding hydrogens is 260 g/mol. The van der Waals surface area contributed by atoms with Gasteiger partial charge in [0.1, 0.15) is 11.6 Å². The lowest BCUT2D eigenvalue weighted by Gasteiger charge is -2.12. The third kappa shape index (κ3) is 3.54. The summed E-state index contributed by atoms with van der Waals surface area (Å²) in [4.78, 5) is 0. The van der Waals surface area contributed by atoms with Crippen molar-refractivity contribution in [3.63, 3.8) is 0 Å². The van der Waals surface area contributed by atoms with E-state index in [9.17, 15) is 8.78 Å². The lowest BCUT2D eigenvalue weighted by Crippen LogP contribution is -2.17. The van der Waals surface area contributed by atoms with Crippen molar-refractivity contribution >= 4 is 0 Å². The van der Waals surface area contributed by atoms with Crippen molar-refractivity contribution < 1.29 is 13.5 Å². The van der Waals surface area contributed by atoms with Crippen molar-refractivity contribution in [1.29, 1.82) is 0 Å². The highest BCUT2D eigenvalue weighted by atomic mass is 19.1. The van der Waals surface area contributed by atoms with Gasteiger partial charge in [0.2, 0.25) is 0 Å². The second-order valence-corrected chi connectivity index (χ2v) is 4.96. The predicted octanol–water partition coefficient (Wildman–Crippen LogP) is 3.96. The molecule has 2 N–H and O–H groups in total. The van der Waals surface area contributed by atoms with Crippen molar-refractivity contribution in [3.05, 3.63) is 59.2 Å². The Bertz CT molecular complexity index is 611. The number of hydrogen-bond donors (Lipinski definition) is 1. The zero-order valence-corrected chi connectivity index (χ0v) is 11.5. The van der Waals surface area contributed by atoms with E-state index in [2.05, 4.69) is 0 Å². The molecule has 0 bridgehead atoms. The van der Waals surface area contributed by atoms with Crippen LogP contribution in [0.1, 0.15) is 18.1 Å². The Morgan fingerprint density at radius 1 is 1.10 bits per heavy atom. The summed E-state index contributed by atoms with van der Waals surface area (Å²) in [7, 11) is 0. The normalized spacial score (nSPS) is 12.2. The van der Waals surface area contributed by atoms with Crippen LogP contribution in [0.4, 0.5) is 8.78 Å². The molecule has 1 atom stereocenters. The molecule has 0 spiro atoms. The van der Waals surface area contributed by atoms with Gasteiger partial charge in [0.25, 0.3) is 0 Å². The largest absolute Gasteiger partial charge is 0.454 e. The first-order valence-corrected chi connectivity index (χ1v) is 6.43. The molecule has 0 heterocycles. The maximum Gasteiger partial charge on any atom is 0.165 e. The first-order valence-electron chi connectivity index (χ1n) is 6.43. The van der Waals surface area contributed by atoms with E-state index in [-0.39, 0.29) is 11.8 Å². The molecule has 2 nitrogen and oxygen atoms in total. The van der Waals surface area contributed by atoms with Gasteiger partial charge in [-0.15, -0.1) is 0 Å². The lowest BCUT2D eigenvalue weighted by atomic mass is 10.0. The van der Waals surface area contributed by atoms with E-state index >= 15 is 0 Å². The topological polar surface area (TPSA) is 35.2 Å². The Labute approximate surface area is 117 Å². The maximum absolute atomic E-state index is 13.5. The summed E-state index contributed by atoms with van der Waals surface area (Å²) in [6, 6.07) is 8.77. The Kier molecular flexibility index (Phi) is 4.35. The first-order chi connectivity index (χ1) is 9.45. The number of halogens is 2. The van der Waals surface area contributed by atoms with Crippen molar-refractivity contribution in [2.24, 2.45) is 5.73 Å². The molecule has 0 fully saturated rings. The number of rotatable bonds is 4. The summed E-state index contributed by atoms with van der Waals surface area (Å²) in [6.07, 6.45) is 0.759. The van der Waals surface area contributed by atoms with E-state index < -0.39 is 11.6 Å². The minimum absolute atomic E-state index is 0.0711. The highest BCUT2D eigenvalue weighted by Gasteiger charge is 2.09. The van der Waals surface area contributed by atoms with Gasteiger partial charge in [-0.2, -0.15) is 0 Å². The third-order valence-electron chi connectivity index (χ3n) is 2.91. The Balaban J connectivity index is 2.23. The fourth-order valence-corrected chi connectivity index (χ4v) is 2.00. The highest BCUT2D eigenvalue weighted by Crippen LogP contribution is 2.28. The smallest absolute Gasteiger partial charge is 0.165 e. The molecule has 0 aliphatic heterocycles. The third-order valence-corrected chi connectivity index (χ3v) is 2.91. The summed E-state index contributed by atoms with van der Waals surface area (Å²) >= 11 is 0. The zero-order chi connectivity index (χ0) is 14.7. The maximum atomic E-state index is 13.5. The average Bonchev–Trinajstić information content (AvgIpc) is 2.36. The molecule has 0 amide bonds. The van der Waals surface area contributed by atoms with Gasteiger partial charge in [-0.3, -0.25) is 0 Å². The number of nitrogens with two attached hydrogens (primary N) is 1. The van der Waals surface area contributed by atoms with Crippen LogP contribution in [0.3, 0.4) is 0 Å². The minimum Gasteiger partial charge on any atom is -0.454 e. The quantitative estimate of drug-likeness (QED) is 0.918. The highest BCUT2D eigenvalue weighted by molar-refractivity contribution is 5.40. The van der Waals surface area contributed by atoms with Crippen LogP contribution in [0.15, 0.2) is 36.4 Å². The van der Waals surface area contributed by atoms with Gasteiger partial charge in [0.05, 0.1) is 0 Å². The second kappa shape index (κ2) is 6.01. The van der Waals surface area contributed by atoms with Gasteiger partial charge in [-0.1, -0.05) is 12.1 Å². The SMILES string of the molecule is Cc1cc(CC(C)N)ccc1Oc1cc(F)ccc1F. The molecular formula is C16H17F2NO. The summed E-state index contributed by atoms with van der Waals surface area (Å²) in [5.41, 5.74) is 7.69. The van der Waals surface area contributed by atoms with Gasteiger partial charge in [0, 0.05) is 12.1 Å². The molecule has 1 unspecified atom stereocenters. The van der Waals surface area contributed by atoms with Crippen LogP contribution >= 0.6 is 0 Å². The van der Waals surface area contributed by atoms with E-state index in [1.165, 1.54) is 0 Å². The van der Waals surface area contributed by atoms with Crippen LogP contribution in [0.2, 0.25) is 0 Å². The van der Waals surface area contributed by atoms with Crippen LogP contribution < -0.4 is 10.5 Å². The molecule has 0 aromatic heterocycles. The molecule has 0 aliphatic carbocycles. The fraction of sp³-hybridized carbons (Fsp3) is 0.250. The van der Waals surface area contributed by atoms with Crippen LogP contribution in [0.25, 0.3) is 0 Å². The van der Waals surface area contributed by atoms with Crippen molar-refractivity contribution in [2.45, 2.75) is 26.3 Å². The summed E-state index contributed by atoms with van der Waals surface area (Å²) in [5, 5.41) is 0. The fourth-order valence-electron chi connectivity index (χ4n) is 2.00. The van der Waals surface area contributed by atoms with Crippen molar-refractivity contribution in [3.8, 4) is 11.5 Å². The number of ether oxygens (including phenoxy) is 1. The Hall–Kier alpha value is -1.94. The molecule has 0 saturated heterocycles. The van der Waals surface area contributed by atoms with Crippen LogP contribution in [-0.4, -0.2) is 6.04 Å². The molecule has 0 aliphatic rings. The number of aryl methyl sites for hydroxylation is 1. The van der Waals surface area contributed by atoms with E-state index in [1.54, 1.807) is 6.07 Å². The molecule has 0 saturated carbocycles. The van der Waals surface area contributed by atoms with Gasteiger partial charge >= 0.3 is 0 Å². The van der Waals surface area contributed by atoms with Gasteiger partial charge < -0.3 is 10.5 Å². The number of benzene rings is 2. The monoisotopic (exact) mass is 277 g/mol. The Morgan fingerprint density at radius 3 is 2.50 bits per heavy atom. The van der Waals surface area contributed by atoms with E-state index in [0.717, 1.165) is 35.7 Å². The van der Waals surface area contributed by atoms with Crippen molar-refractivity contribution in [2.75, 3.05) is 0 Å². The lowest BCUT2D eigenvalue weighted by molar-refractivity contribution is 0.434. The van der Waals surface area contributed by atoms with Gasteiger partial charge in [-0.25, -0.2) is 8.78 Å². The first kappa shape index (κ1) is 14.5. The summed E-state index contributed by atoms with van der Waals surface area (Å²) < 4.78 is 32.1. The minimum atomic E-state index is -0.592. The molecule has 2 aromatic carbocycles. The predicted molar refractivity (Wildman–Crippen MR) is 75.0 cm³/mol. The molecule has 4 heteroatoms. The average molecular weight is 277 g/mol. The summed E-state index contributed by atoms with van der Waals surface area (Å²) in [5.74, 6) is -0.742. The molecule has 0 radical (unpaired) electrons. The molecule has 106 valence electrons. The van der Waals surface area contributed by atoms with Crippen LogP contribution in [-0.2, 0) is 6.42 Å². The second-order valence-electron chi connectivity index (χ2n) is 4.96. The van der Waals surface area contributed by atoms with E-state index in [4.69, 9.17) is 10.5 Å². The number of hydrogen-bond acceptors (Lipinski definition) is 2. The zero-order valence-electron chi connectivity index (χ0n) is 11.5. The Morgan fingerprint density at radius 2 is 1.85 bits per heavy atom. The molecule has 2 aromatic rings. The van der Waals surface area contributed by atoms with Gasteiger partial charge in [0.15, 0.2) is 11.6 Å². The van der Waals surface area contributed by atoms with Crippen LogP contribution in [0, 0.1) is 18.6 Å². The summed E-state index contributed by atoms with van der Waals surface area (Å²) in [6.45, 7) is 3.79. The van der Waals surface area contributed by atoms with Crippen LogP contribution in [0.5, 0.6) is 11.5 Å².